The van der Waals surface area contributed by atoms with E-state index in [4.69, 9.17) is 4.74 Å². The van der Waals surface area contributed by atoms with Gasteiger partial charge in [0.25, 0.3) is 5.91 Å². The Morgan fingerprint density at radius 1 is 1.33 bits per heavy atom. The van der Waals surface area contributed by atoms with Crippen LogP contribution >= 0.6 is 11.3 Å². The number of hydrogen-bond donors (Lipinski definition) is 1. The van der Waals surface area contributed by atoms with E-state index in [2.05, 4.69) is 25.1 Å². The van der Waals surface area contributed by atoms with Crippen molar-refractivity contribution in [3.05, 3.63) is 57.6 Å². The second kappa shape index (κ2) is 7.48. The first kappa shape index (κ1) is 17.7. The molecule has 4 rings (SSSR count). The molecule has 1 aromatic carbocycles. The summed E-state index contributed by atoms with van der Waals surface area (Å²) in [6, 6.07) is 7.63. The van der Waals surface area contributed by atoms with Gasteiger partial charge in [-0.1, -0.05) is 17.7 Å². The molecule has 27 heavy (non-hydrogen) atoms. The zero-order chi connectivity index (χ0) is 18.8. The lowest BCUT2D eigenvalue weighted by Crippen LogP contribution is -2.29. The molecule has 140 valence electrons. The highest BCUT2D eigenvalue weighted by molar-refractivity contribution is 7.09. The highest BCUT2D eigenvalue weighted by Crippen LogP contribution is 2.20. The fraction of sp³-hybridized carbons (Fsp3) is 0.368. The molecule has 1 atom stereocenters. The Kier molecular flexibility index (Phi) is 4.89. The average molecular weight is 383 g/mol. The summed E-state index contributed by atoms with van der Waals surface area (Å²) in [6.07, 6.45) is 2.03. The maximum atomic E-state index is 12.5. The van der Waals surface area contributed by atoms with Crippen molar-refractivity contribution in [3.8, 4) is 5.75 Å². The van der Waals surface area contributed by atoms with Gasteiger partial charge in [-0.2, -0.15) is 0 Å². The zero-order valence-corrected chi connectivity index (χ0v) is 16.1. The first-order valence-electron chi connectivity index (χ1n) is 8.97. The predicted molar refractivity (Wildman–Crippen MR) is 102 cm³/mol. The van der Waals surface area contributed by atoms with Gasteiger partial charge in [-0.15, -0.1) is 21.5 Å². The molecule has 0 radical (unpaired) electrons. The number of rotatable bonds is 6. The van der Waals surface area contributed by atoms with E-state index in [0.29, 0.717) is 12.3 Å². The molecule has 3 aromatic rings. The van der Waals surface area contributed by atoms with Crippen LogP contribution in [0.1, 0.15) is 52.1 Å². The van der Waals surface area contributed by atoms with Gasteiger partial charge in [-0.05, 0) is 32.4 Å². The van der Waals surface area contributed by atoms with Gasteiger partial charge in [0.1, 0.15) is 28.9 Å². The SMILES string of the molecule is Cc1ccc(OCc2nc(C(=O)NC(C)c3nnc4n3CCC4)cs2)cc1. The van der Waals surface area contributed by atoms with E-state index in [0.717, 1.165) is 41.8 Å². The molecule has 0 spiro atoms. The van der Waals surface area contributed by atoms with E-state index >= 15 is 0 Å². The monoisotopic (exact) mass is 383 g/mol. The summed E-state index contributed by atoms with van der Waals surface area (Å²) in [6.45, 7) is 5.20. The number of amides is 1. The molecule has 3 heterocycles. The van der Waals surface area contributed by atoms with Crippen molar-refractivity contribution in [1.82, 2.24) is 25.1 Å². The number of carbonyl (C=O) groups is 1. The van der Waals surface area contributed by atoms with Crippen molar-refractivity contribution in [1.29, 1.82) is 0 Å². The van der Waals surface area contributed by atoms with Gasteiger partial charge in [-0.25, -0.2) is 4.98 Å². The van der Waals surface area contributed by atoms with E-state index in [1.165, 1.54) is 16.9 Å². The third kappa shape index (κ3) is 3.85. The van der Waals surface area contributed by atoms with Crippen molar-refractivity contribution in [2.24, 2.45) is 0 Å². The lowest BCUT2D eigenvalue weighted by atomic mass is 10.2. The van der Waals surface area contributed by atoms with Crippen LogP contribution in [-0.4, -0.2) is 25.7 Å². The third-order valence-corrected chi connectivity index (χ3v) is 5.36. The topological polar surface area (TPSA) is 81.9 Å². The largest absolute Gasteiger partial charge is 0.486 e. The molecule has 1 unspecified atom stereocenters. The molecule has 1 aliphatic rings. The fourth-order valence-electron chi connectivity index (χ4n) is 3.09. The molecular formula is C19H21N5O2S. The summed E-state index contributed by atoms with van der Waals surface area (Å²) in [5.74, 6) is 2.37. The number of nitrogens with one attached hydrogen (secondary N) is 1. The number of nitrogens with zero attached hydrogens (tertiary/aromatic N) is 4. The van der Waals surface area contributed by atoms with Gasteiger partial charge >= 0.3 is 0 Å². The van der Waals surface area contributed by atoms with Crippen molar-refractivity contribution < 1.29 is 9.53 Å². The van der Waals surface area contributed by atoms with Crippen molar-refractivity contribution >= 4 is 17.2 Å². The minimum Gasteiger partial charge on any atom is -0.486 e. The summed E-state index contributed by atoms with van der Waals surface area (Å²) in [4.78, 5) is 16.9. The molecule has 0 saturated carbocycles. The van der Waals surface area contributed by atoms with Crippen molar-refractivity contribution in [2.75, 3.05) is 0 Å². The standard InChI is InChI=1S/C19H21N5O2S/c1-12-5-7-14(8-6-12)26-10-17-21-15(11-27-17)19(25)20-13(2)18-23-22-16-4-3-9-24(16)18/h5-8,11,13H,3-4,9-10H2,1-2H3,(H,20,25). The molecule has 7 nitrogen and oxygen atoms in total. The highest BCUT2D eigenvalue weighted by Gasteiger charge is 2.23. The average Bonchev–Trinajstić information content (AvgIpc) is 3.37. The van der Waals surface area contributed by atoms with Crippen LogP contribution in [-0.2, 0) is 19.6 Å². The summed E-state index contributed by atoms with van der Waals surface area (Å²) in [5, 5.41) is 13.9. The van der Waals surface area contributed by atoms with Gasteiger partial charge in [0.2, 0.25) is 0 Å². The van der Waals surface area contributed by atoms with Crippen LogP contribution in [0.3, 0.4) is 0 Å². The van der Waals surface area contributed by atoms with E-state index < -0.39 is 0 Å². The zero-order valence-electron chi connectivity index (χ0n) is 15.3. The highest BCUT2D eigenvalue weighted by atomic mass is 32.1. The van der Waals surface area contributed by atoms with Gasteiger partial charge < -0.3 is 14.6 Å². The first-order valence-corrected chi connectivity index (χ1v) is 9.85. The summed E-state index contributed by atoms with van der Waals surface area (Å²) in [7, 11) is 0. The van der Waals surface area contributed by atoms with Crippen molar-refractivity contribution in [3.63, 3.8) is 0 Å². The quantitative estimate of drug-likeness (QED) is 0.707. The Labute approximate surface area is 161 Å². The summed E-state index contributed by atoms with van der Waals surface area (Å²) < 4.78 is 7.82. The van der Waals surface area contributed by atoms with E-state index in [-0.39, 0.29) is 11.9 Å². The second-order valence-corrected chi connectivity index (χ2v) is 7.60. The summed E-state index contributed by atoms with van der Waals surface area (Å²) >= 11 is 1.41. The minimum absolute atomic E-state index is 0.212. The smallest absolute Gasteiger partial charge is 0.271 e. The van der Waals surface area contributed by atoms with Gasteiger partial charge in [0.05, 0.1) is 6.04 Å². The summed E-state index contributed by atoms with van der Waals surface area (Å²) in [5.41, 5.74) is 1.58. The normalized spacial score (nSPS) is 14.0. The van der Waals surface area contributed by atoms with Crippen LogP contribution in [0, 0.1) is 6.92 Å². The molecule has 0 aliphatic carbocycles. The number of thiazole rings is 1. The molecule has 1 N–H and O–H groups in total. The molecule has 0 saturated heterocycles. The van der Waals surface area contributed by atoms with Crippen LogP contribution in [0.2, 0.25) is 0 Å². The Morgan fingerprint density at radius 3 is 2.96 bits per heavy atom. The molecule has 2 aromatic heterocycles. The molecule has 8 heteroatoms. The Bertz CT molecular complexity index is 947. The maximum absolute atomic E-state index is 12.5. The lowest BCUT2D eigenvalue weighted by Gasteiger charge is -2.12. The molecular weight excluding hydrogens is 362 g/mol. The Morgan fingerprint density at radius 2 is 2.15 bits per heavy atom. The lowest BCUT2D eigenvalue weighted by molar-refractivity contribution is 0.0933. The number of aromatic nitrogens is 4. The van der Waals surface area contributed by atoms with Gasteiger partial charge in [-0.3, -0.25) is 4.79 Å². The Hall–Kier alpha value is -2.74. The fourth-order valence-corrected chi connectivity index (χ4v) is 3.77. The number of carbonyl (C=O) groups excluding carboxylic acids is 1. The minimum atomic E-state index is -0.217. The van der Waals surface area contributed by atoms with Crippen LogP contribution in [0.25, 0.3) is 0 Å². The van der Waals surface area contributed by atoms with E-state index in [9.17, 15) is 4.79 Å². The first-order chi connectivity index (χ1) is 13.1. The Balaban J connectivity index is 1.36. The molecule has 0 bridgehead atoms. The van der Waals surface area contributed by atoms with Crippen LogP contribution in [0.15, 0.2) is 29.6 Å². The molecule has 0 fully saturated rings. The number of aryl methyl sites for hydroxylation is 2. The van der Waals surface area contributed by atoms with Crippen LogP contribution < -0.4 is 10.1 Å². The molecule has 1 amide bonds. The predicted octanol–water partition coefficient (Wildman–Crippen LogP) is 3.06. The maximum Gasteiger partial charge on any atom is 0.271 e. The number of ether oxygens (including phenoxy) is 1. The van der Waals surface area contributed by atoms with Gasteiger partial charge in [0, 0.05) is 18.3 Å². The third-order valence-electron chi connectivity index (χ3n) is 4.54. The van der Waals surface area contributed by atoms with Crippen LogP contribution in [0.5, 0.6) is 5.75 Å². The second-order valence-electron chi connectivity index (χ2n) is 6.65. The van der Waals surface area contributed by atoms with Gasteiger partial charge in [0.15, 0.2) is 5.82 Å². The van der Waals surface area contributed by atoms with Crippen molar-refractivity contribution in [2.45, 2.75) is 45.9 Å². The van der Waals surface area contributed by atoms with E-state index in [1.807, 2.05) is 38.1 Å². The number of benzene rings is 1. The number of fused-ring (bicyclic) bond motifs is 1. The molecule has 1 aliphatic heterocycles. The van der Waals surface area contributed by atoms with Crippen LogP contribution in [0.4, 0.5) is 0 Å². The number of hydrogen-bond acceptors (Lipinski definition) is 6. The van der Waals surface area contributed by atoms with E-state index in [1.54, 1.807) is 5.38 Å².